The Labute approximate surface area is 393 Å². The van der Waals surface area contributed by atoms with Gasteiger partial charge < -0.3 is 31.2 Å². The van der Waals surface area contributed by atoms with Gasteiger partial charge in [0.15, 0.2) is 0 Å². The molecule has 4 aromatic carbocycles. The summed E-state index contributed by atoms with van der Waals surface area (Å²) < 4.78 is 0. The first-order valence-electron chi connectivity index (χ1n) is 21.9. The number of nitrogens with one attached hydrogen (secondary N) is 5. The van der Waals surface area contributed by atoms with Crippen molar-refractivity contribution < 1.29 is 34.2 Å². The monoisotopic (exact) mass is 920 g/mol. The van der Waals surface area contributed by atoms with Gasteiger partial charge in [0, 0.05) is 92.8 Å². The van der Waals surface area contributed by atoms with Crippen molar-refractivity contribution in [2.75, 3.05) is 11.1 Å². The average molecular weight is 921 g/mol. The number of H-pyrrole nitrogens is 2. The number of hydrogen-bond acceptors (Lipinski definition) is 10. The van der Waals surface area contributed by atoms with Gasteiger partial charge in [0.05, 0.1) is 40.9 Å². The molecule has 4 unspecified atom stereocenters. The van der Waals surface area contributed by atoms with Crippen LogP contribution >= 0.6 is 0 Å². The van der Waals surface area contributed by atoms with Gasteiger partial charge in [0.25, 0.3) is 17.8 Å². The standard InChI is InChI=1S/C25H19N5O2.C16H12N4O.C9H9NO2.C2H4O2/c31-24(17-12-16(17)20-8-4-5-9-26-20)28-15-10-18-22-19(13-27-30-25(18)32)23(29-21(22)11-15)14-6-2-1-3-7-14;17-10-6-11-14-12(8-18-20-16(11)21)15(19-13(14)7-10)9-4-2-1-3-5-9;11-9(12)7-5-6(7)8-3-1-2-4-10-8;1-2(3)4/h1-11,13,16-17,29H,12H2,(H,28,31)(H,30,32);1-8,19H,17H2,(H,20,21);1-4,6-7H,5H2,(H,11,12);1H3,(H,3,4). The number of carbonyl (C=O) groups excluding carboxylic acids is 3. The highest BCUT2D eigenvalue weighted by atomic mass is 16.4. The number of hydrazone groups is 2. The van der Waals surface area contributed by atoms with Crippen LogP contribution in [0.1, 0.15) is 74.8 Å². The number of nitrogen functional groups attached to an aromatic ring is 1. The van der Waals surface area contributed by atoms with E-state index >= 15 is 0 Å². The first-order valence-corrected chi connectivity index (χ1v) is 21.9. The van der Waals surface area contributed by atoms with Crippen molar-refractivity contribution in [3.63, 3.8) is 0 Å². The van der Waals surface area contributed by atoms with E-state index in [2.05, 4.69) is 46.3 Å². The van der Waals surface area contributed by atoms with Gasteiger partial charge in [0.2, 0.25) is 5.91 Å². The summed E-state index contributed by atoms with van der Waals surface area (Å²) in [5.41, 5.74) is 22.1. The molecular formula is C52H44N10O7. The molecular weight excluding hydrogens is 877 g/mol. The number of nitrogens with two attached hydrogens (primary N) is 1. The zero-order valence-corrected chi connectivity index (χ0v) is 36.9. The molecule has 17 heteroatoms. The molecule has 0 radical (unpaired) electrons. The molecule has 4 atom stereocenters. The Morgan fingerprint density at radius 1 is 0.623 bits per heavy atom. The molecule has 2 aliphatic heterocycles. The van der Waals surface area contributed by atoms with Crippen molar-refractivity contribution in [3.05, 3.63) is 167 Å². The second-order valence-corrected chi connectivity index (χ2v) is 16.6. The molecule has 2 saturated carbocycles. The lowest BCUT2D eigenvalue weighted by molar-refractivity contribution is -0.138. The van der Waals surface area contributed by atoms with E-state index in [0.29, 0.717) is 22.5 Å². The predicted octanol–water partition coefficient (Wildman–Crippen LogP) is 7.90. The molecule has 6 heterocycles. The number of aromatic nitrogens is 4. The van der Waals surface area contributed by atoms with E-state index in [1.165, 1.54) is 0 Å². The molecule has 0 saturated heterocycles. The van der Waals surface area contributed by atoms with Gasteiger partial charge in [-0.25, -0.2) is 10.9 Å². The van der Waals surface area contributed by atoms with Crippen molar-refractivity contribution in [2.45, 2.75) is 31.6 Å². The van der Waals surface area contributed by atoms with Crippen molar-refractivity contribution in [3.8, 4) is 22.5 Å². The largest absolute Gasteiger partial charge is 0.481 e. The molecule has 0 spiro atoms. The maximum atomic E-state index is 12.9. The fraction of sp³-hybridized carbons (Fsp3) is 0.135. The number of hydrogen-bond donors (Lipinski definition) is 8. The quantitative estimate of drug-likeness (QED) is 0.0716. The maximum Gasteiger partial charge on any atom is 0.307 e. The lowest BCUT2D eigenvalue weighted by Gasteiger charge is -2.08. The maximum absolute atomic E-state index is 12.9. The minimum Gasteiger partial charge on any atom is -0.481 e. The average Bonchev–Trinajstić information content (AvgIpc) is 4.28. The van der Waals surface area contributed by atoms with Gasteiger partial charge in [-0.05, 0) is 72.5 Å². The Hall–Kier alpha value is -9.25. The number of anilines is 2. The topological polar surface area (TPSA) is 270 Å². The summed E-state index contributed by atoms with van der Waals surface area (Å²) in [6.45, 7) is 1.08. The van der Waals surface area contributed by atoms with E-state index in [-0.39, 0.29) is 41.4 Å². The molecule has 0 bridgehead atoms. The Balaban J connectivity index is 0.000000137. The van der Waals surface area contributed by atoms with E-state index < -0.39 is 11.9 Å². The minimum absolute atomic E-state index is 0.0625. The number of carboxylic acids is 2. The molecule has 8 aromatic rings. The summed E-state index contributed by atoms with van der Waals surface area (Å²) in [6, 6.07) is 38.3. The van der Waals surface area contributed by atoms with Gasteiger partial charge in [-0.3, -0.25) is 33.9 Å². The number of aliphatic carboxylic acids is 2. The van der Waals surface area contributed by atoms with Crippen molar-refractivity contribution in [1.29, 1.82) is 0 Å². The number of carbonyl (C=O) groups is 5. The summed E-state index contributed by atoms with van der Waals surface area (Å²) >= 11 is 0. The van der Waals surface area contributed by atoms with Crippen molar-refractivity contribution in [2.24, 2.45) is 22.0 Å². The number of amides is 3. The van der Waals surface area contributed by atoms with Crippen LogP contribution in [-0.2, 0) is 14.4 Å². The van der Waals surface area contributed by atoms with E-state index in [1.807, 2.05) is 109 Å². The van der Waals surface area contributed by atoms with Crippen LogP contribution in [-0.4, -0.2) is 72.2 Å². The first kappa shape index (κ1) is 44.9. The third-order valence-electron chi connectivity index (χ3n) is 11.9. The number of benzene rings is 4. The second-order valence-electron chi connectivity index (χ2n) is 16.6. The lowest BCUT2D eigenvalue weighted by Crippen LogP contribution is -2.18. The van der Waals surface area contributed by atoms with Crippen LogP contribution in [0.2, 0.25) is 0 Å². The zero-order valence-electron chi connectivity index (χ0n) is 36.9. The molecule has 12 rings (SSSR count). The lowest BCUT2D eigenvalue weighted by atomic mass is 10.0. The molecule has 17 nitrogen and oxygen atoms in total. The van der Waals surface area contributed by atoms with E-state index in [4.69, 9.17) is 20.7 Å². The normalized spacial score (nSPS) is 17.8. The minimum atomic E-state index is -0.833. The van der Waals surface area contributed by atoms with Crippen LogP contribution in [0.4, 0.5) is 11.4 Å². The van der Waals surface area contributed by atoms with Crippen molar-refractivity contribution in [1.82, 2.24) is 30.8 Å². The molecule has 9 N–H and O–H groups in total. The summed E-state index contributed by atoms with van der Waals surface area (Å²) in [7, 11) is 0. The summed E-state index contributed by atoms with van der Waals surface area (Å²) in [5.74, 6) is -2.17. The predicted molar refractivity (Wildman–Crippen MR) is 262 cm³/mol. The molecule has 69 heavy (non-hydrogen) atoms. The smallest absolute Gasteiger partial charge is 0.307 e. The molecule has 2 aliphatic carbocycles. The Kier molecular flexibility index (Phi) is 12.6. The van der Waals surface area contributed by atoms with Gasteiger partial charge in [0.1, 0.15) is 0 Å². The molecule has 2 fully saturated rings. The number of pyridine rings is 2. The number of aromatic amines is 2. The van der Waals surface area contributed by atoms with E-state index in [9.17, 15) is 19.2 Å². The molecule has 3 amide bonds. The van der Waals surface area contributed by atoms with Gasteiger partial charge >= 0.3 is 5.97 Å². The molecule has 344 valence electrons. The third kappa shape index (κ3) is 9.83. The number of carboxylic acid groups (broad SMARTS) is 2. The van der Waals surface area contributed by atoms with Crippen LogP contribution in [0.15, 0.2) is 144 Å². The van der Waals surface area contributed by atoms with Gasteiger partial charge in [-0.1, -0.05) is 72.8 Å². The molecule has 4 aromatic heterocycles. The highest BCUT2D eigenvalue weighted by Gasteiger charge is 2.45. The number of nitrogens with zero attached hydrogens (tertiary/aromatic N) is 4. The number of rotatable bonds is 7. The second kappa shape index (κ2) is 19.3. The van der Waals surface area contributed by atoms with Gasteiger partial charge in [-0.2, -0.15) is 10.2 Å². The SMILES string of the molecule is CC(=O)O.Nc1cc2c3c(c(-c4ccccc4)[nH]c3c1)C=NNC2=O.O=C(O)C1CC1c1ccccn1.O=C1NN=Cc2c(-c3ccccc3)[nH]c3cc(NC(=O)C4CC4c4ccccn4)cc1c23. The zero-order chi connectivity index (χ0) is 48.2. The van der Waals surface area contributed by atoms with Crippen molar-refractivity contribution >= 4 is 75.3 Å². The summed E-state index contributed by atoms with van der Waals surface area (Å²) in [6.07, 6.45) is 8.30. The van der Waals surface area contributed by atoms with E-state index in [0.717, 1.165) is 86.6 Å². The van der Waals surface area contributed by atoms with Crippen LogP contribution in [0, 0.1) is 11.8 Å². The van der Waals surface area contributed by atoms with Crippen LogP contribution < -0.4 is 21.9 Å². The fourth-order valence-corrected chi connectivity index (χ4v) is 8.55. The first-order chi connectivity index (χ1) is 33.4. The van der Waals surface area contributed by atoms with Crippen LogP contribution in [0.25, 0.3) is 44.3 Å². The summed E-state index contributed by atoms with van der Waals surface area (Å²) in [5, 5.41) is 28.8. The third-order valence-corrected chi connectivity index (χ3v) is 11.9. The Morgan fingerprint density at radius 3 is 1.57 bits per heavy atom. The fourth-order valence-electron chi connectivity index (χ4n) is 8.55. The van der Waals surface area contributed by atoms with E-state index in [1.54, 1.807) is 37.0 Å². The summed E-state index contributed by atoms with van der Waals surface area (Å²) in [4.78, 5) is 72.4. The van der Waals surface area contributed by atoms with Crippen LogP contribution in [0.3, 0.4) is 0 Å². The Bertz CT molecular complexity index is 3310. The molecule has 4 aliphatic rings. The highest BCUT2D eigenvalue weighted by Crippen LogP contribution is 2.48. The van der Waals surface area contributed by atoms with Crippen LogP contribution in [0.5, 0.6) is 0 Å². The van der Waals surface area contributed by atoms with Gasteiger partial charge in [-0.15, -0.1) is 0 Å². The highest BCUT2D eigenvalue weighted by molar-refractivity contribution is 6.19. The Morgan fingerprint density at radius 2 is 1.09 bits per heavy atom.